The van der Waals surface area contributed by atoms with Gasteiger partial charge < -0.3 is 0 Å². The van der Waals surface area contributed by atoms with E-state index in [9.17, 15) is 18.0 Å². The maximum absolute atomic E-state index is 11.9. The van der Waals surface area contributed by atoms with Crippen LogP contribution in [0.5, 0.6) is 0 Å². The fourth-order valence-corrected chi connectivity index (χ4v) is 2.05. The van der Waals surface area contributed by atoms with Gasteiger partial charge in [0.05, 0.1) is 12.2 Å². The quantitative estimate of drug-likeness (QED) is 0.745. The number of hydrogen-bond acceptors (Lipinski definition) is 4. The van der Waals surface area contributed by atoms with Crippen LogP contribution >= 0.6 is 0 Å². The van der Waals surface area contributed by atoms with E-state index in [1.54, 1.807) is 0 Å². The number of nitrogens with zero attached hydrogens (tertiary/aromatic N) is 2. The Morgan fingerprint density at radius 2 is 2.05 bits per heavy atom. The minimum atomic E-state index is -3.85. The largest absolute Gasteiger partial charge is 0.331 e. The van der Waals surface area contributed by atoms with E-state index in [0.717, 1.165) is 9.13 Å². The average Bonchev–Trinajstić information content (AvgIpc) is 2.37. The van der Waals surface area contributed by atoms with Crippen molar-refractivity contribution < 1.29 is 8.42 Å². The second-order valence-corrected chi connectivity index (χ2v) is 5.34. The van der Waals surface area contributed by atoms with Gasteiger partial charge in [-0.3, -0.25) is 18.7 Å². The van der Waals surface area contributed by atoms with Gasteiger partial charge in [-0.05, 0) is 6.92 Å². The third-order valence-electron chi connectivity index (χ3n) is 2.52. The number of rotatable bonds is 4. The molecule has 1 N–H and O–H groups in total. The normalized spacial score (nSPS) is 10.8. The second kappa shape index (κ2) is 5.16. The van der Waals surface area contributed by atoms with Crippen LogP contribution in [0.3, 0.4) is 0 Å². The van der Waals surface area contributed by atoms with Crippen molar-refractivity contribution in [1.82, 2.24) is 9.13 Å². The van der Waals surface area contributed by atoms with Crippen LogP contribution in [0.4, 0.5) is 5.69 Å². The summed E-state index contributed by atoms with van der Waals surface area (Å²) < 4.78 is 26.8. The molecule has 1 aromatic heterocycles. The van der Waals surface area contributed by atoms with Crippen molar-refractivity contribution in [3.63, 3.8) is 0 Å². The zero-order chi connectivity index (χ0) is 14.8. The van der Waals surface area contributed by atoms with Gasteiger partial charge in [0.2, 0.25) is 0 Å². The molecule has 0 saturated carbocycles. The van der Waals surface area contributed by atoms with Gasteiger partial charge in [0.1, 0.15) is 5.69 Å². The zero-order valence-corrected chi connectivity index (χ0v) is 11.3. The fourth-order valence-electron chi connectivity index (χ4n) is 1.45. The number of terminal acetylenes is 1. The van der Waals surface area contributed by atoms with Crippen molar-refractivity contribution in [3.8, 4) is 12.3 Å². The number of aromatic nitrogens is 2. The maximum Gasteiger partial charge on any atom is 0.331 e. The highest BCUT2D eigenvalue weighted by molar-refractivity contribution is 7.95. The molecular formula is C11H13N3O4S. The molecule has 1 heterocycles. The molecule has 102 valence electrons. The Hall–Kier alpha value is -2.27. The molecule has 0 atom stereocenters. The van der Waals surface area contributed by atoms with E-state index in [4.69, 9.17) is 6.42 Å². The summed E-state index contributed by atoms with van der Waals surface area (Å²) in [6.07, 6.45) is 5.14. The van der Waals surface area contributed by atoms with Gasteiger partial charge in [0, 0.05) is 12.5 Å². The first-order valence-electron chi connectivity index (χ1n) is 5.14. The molecule has 1 rings (SSSR count). The molecular weight excluding hydrogens is 270 g/mol. The van der Waals surface area contributed by atoms with Crippen LogP contribution in [-0.2, 0) is 23.6 Å². The standard InChI is InChI=1S/C11H13N3O4S/c1-5-7-14-8(3)9(12-19(17,18)6-2)10(15)13(4)11(14)16/h1,6,12H,2,7H2,3-4H3. The van der Waals surface area contributed by atoms with Crippen LogP contribution in [0.2, 0.25) is 0 Å². The lowest BCUT2D eigenvalue weighted by Crippen LogP contribution is -2.41. The Morgan fingerprint density at radius 1 is 1.47 bits per heavy atom. The van der Waals surface area contributed by atoms with Crippen LogP contribution in [-0.4, -0.2) is 17.6 Å². The second-order valence-electron chi connectivity index (χ2n) is 3.71. The first-order valence-corrected chi connectivity index (χ1v) is 6.69. The maximum atomic E-state index is 11.9. The summed E-state index contributed by atoms with van der Waals surface area (Å²) in [5.41, 5.74) is -1.43. The summed E-state index contributed by atoms with van der Waals surface area (Å²) in [6, 6.07) is 0. The van der Waals surface area contributed by atoms with Crippen LogP contribution < -0.4 is 16.0 Å². The summed E-state index contributed by atoms with van der Waals surface area (Å²) in [7, 11) is -2.61. The van der Waals surface area contributed by atoms with E-state index in [1.807, 2.05) is 0 Å². The predicted molar refractivity (Wildman–Crippen MR) is 72.3 cm³/mol. The lowest BCUT2D eigenvalue weighted by atomic mass is 10.3. The summed E-state index contributed by atoms with van der Waals surface area (Å²) in [5, 5.41) is 0.669. The Morgan fingerprint density at radius 3 is 2.53 bits per heavy atom. The van der Waals surface area contributed by atoms with Crippen molar-refractivity contribution >= 4 is 15.7 Å². The molecule has 0 saturated heterocycles. The highest BCUT2D eigenvalue weighted by Crippen LogP contribution is 2.09. The lowest BCUT2D eigenvalue weighted by Gasteiger charge is -2.13. The average molecular weight is 283 g/mol. The predicted octanol–water partition coefficient (Wildman–Crippen LogP) is -0.626. The van der Waals surface area contributed by atoms with E-state index in [2.05, 4.69) is 17.2 Å². The topological polar surface area (TPSA) is 90.2 Å². The summed E-state index contributed by atoms with van der Waals surface area (Å²) in [4.78, 5) is 23.7. The Labute approximate surface area is 110 Å². The minimum absolute atomic E-state index is 0.0679. The van der Waals surface area contributed by atoms with Gasteiger partial charge in [-0.25, -0.2) is 13.2 Å². The zero-order valence-electron chi connectivity index (χ0n) is 10.5. The van der Waals surface area contributed by atoms with Crippen molar-refractivity contribution in [1.29, 1.82) is 0 Å². The van der Waals surface area contributed by atoms with E-state index in [1.165, 1.54) is 14.0 Å². The highest BCUT2D eigenvalue weighted by atomic mass is 32.2. The van der Waals surface area contributed by atoms with Gasteiger partial charge >= 0.3 is 5.69 Å². The molecule has 0 spiro atoms. The Balaban J connectivity index is 3.68. The molecule has 0 aliphatic rings. The molecule has 0 fully saturated rings. The molecule has 0 radical (unpaired) electrons. The third kappa shape index (κ3) is 2.77. The summed E-state index contributed by atoms with van der Waals surface area (Å²) in [5.74, 6) is 2.27. The number of sulfonamides is 1. The van der Waals surface area contributed by atoms with Gasteiger partial charge in [0.15, 0.2) is 0 Å². The van der Waals surface area contributed by atoms with Crippen molar-refractivity contribution in [3.05, 3.63) is 38.5 Å². The smallest absolute Gasteiger partial charge is 0.284 e. The van der Waals surface area contributed by atoms with Gasteiger partial charge in [0.25, 0.3) is 15.6 Å². The number of anilines is 1. The molecule has 1 aromatic rings. The highest BCUT2D eigenvalue weighted by Gasteiger charge is 2.17. The third-order valence-corrected chi connectivity index (χ3v) is 3.44. The van der Waals surface area contributed by atoms with Crippen LogP contribution in [0, 0.1) is 19.3 Å². The first-order chi connectivity index (χ1) is 8.75. The van der Waals surface area contributed by atoms with Crippen LogP contribution in [0.1, 0.15) is 5.69 Å². The fraction of sp³-hybridized carbons (Fsp3) is 0.273. The number of hydrogen-bond donors (Lipinski definition) is 1. The summed E-state index contributed by atoms with van der Waals surface area (Å²) >= 11 is 0. The van der Waals surface area contributed by atoms with Gasteiger partial charge in [-0.15, -0.1) is 6.42 Å². The monoisotopic (exact) mass is 283 g/mol. The molecule has 0 aromatic carbocycles. The van der Waals surface area contributed by atoms with Crippen molar-refractivity contribution in [2.45, 2.75) is 13.5 Å². The molecule has 19 heavy (non-hydrogen) atoms. The van der Waals surface area contributed by atoms with E-state index < -0.39 is 21.3 Å². The summed E-state index contributed by atoms with van der Waals surface area (Å²) in [6.45, 7) is 4.49. The molecule has 8 heteroatoms. The van der Waals surface area contributed by atoms with Gasteiger partial charge in [-0.1, -0.05) is 12.5 Å². The van der Waals surface area contributed by atoms with E-state index in [0.29, 0.717) is 5.41 Å². The van der Waals surface area contributed by atoms with Crippen molar-refractivity contribution in [2.75, 3.05) is 4.72 Å². The molecule has 0 aliphatic carbocycles. The Kier molecular flexibility index (Phi) is 4.01. The molecule has 0 unspecified atom stereocenters. The molecule has 7 nitrogen and oxygen atoms in total. The first kappa shape index (κ1) is 14.8. The van der Waals surface area contributed by atoms with Crippen LogP contribution in [0.25, 0.3) is 0 Å². The lowest BCUT2D eigenvalue weighted by molar-refractivity contribution is 0.608. The SMILES string of the molecule is C#CCn1c(C)c(NS(=O)(=O)C=C)c(=O)n(C)c1=O. The van der Waals surface area contributed by atoms with Crippen molar-refractivity contribution in [2.24, 2.45) is 7.05 Å². The molecule has 0 amide bonds. The Bertz CT molecular complexity index is 778. The number of nitrogens with one attached hydrogen (secondary N) is 1. The van der Waals surface area contributed by atoms with Gasteiger partial charge in [-0.2, -0.15) is 0 Å². The minimum Gasteiger partial charge on any atom is -0.284 e. The van der Waals surface area contributed by atoms with E-state index in [-0.39, 0.29) is 17.9 Å². The molecule has 0 aliphatic heterocycles. The molecule has 0 bridgehead atoms. The van der Waals surface area contributed by atoms with E-state index >= 15 is 0 Å². The van der Waals surface area contributed by atoms with Crippen LogP contribution in [0.15, 0.2) is 21.6 Å².